The molecular formula is C11H21Br. The maximum atomic E-state index is 3.65. The van der Waals surface area contributed by atoms with Gasteiger partial charge in [-0.1, -0.05) is 43.1 Å². The first-order valence-electron chi connectivity index (χ1n) is 5.21. The summed E-state index contributed by atoms with van der Waals surface area (Å²) >= 11 is 3.65. The van der Waals surface area contributed by atoms with E-state index < -0.39 is 0 Å². The first-order chi connectivity index (χ1) is 5.65. The zero-order chi connectivity index (χ0) is 9.14. The molecule has 0 aromatic heterocycles. The van der Waals surface area contributed by atoms with Crippen molar-refractivity contribution in [3.8, 4) is 0 Å². The number of hydrogen-bond acceptors (Lipinski definition) is 0. The van der Waals surface area contributed by atoms with E-state index in [-0.39, 0.29) is 0 Å². The van der Waals surface area contributed by atoms with Gasteiger partial charge in [0, 0.05) is 5.33 Å². The van der Waals surface area contributed by atoms with Gasteiger partial charge in [0.15, 0.2) is 0 Å². The highest BCUT2D eigenvalue weighted by molar-refractivity contribution is 9.09. The SMILES string of the molecule is CC1CCC(C(C)C)C(CBr)C1. The van der Waals surface area contributed by atoms with Gasteiger partial charge < -0.3 is 0 Å². The molecule has 0 N–H and O–H groups in total. The summed E-state index contributed by atoms with van der Waals surface area (Å²) in [6.07, 6.45) is 4.34. The second-order valence-corrected chi connectivity index (χ2v) is 5.39. The number of hydrogen-bond donors (Lipinski definition) is 0. The fourth-order valence-electron chi connectivity index (χ4n) is 2.58. The molecule has 1 saturated carbocycles. The standard InChI is InChI=1S/C11H21Br/c1-8(2)11-5-4-9(3)6-10(11)7-12/h8-11H,4-7H2,1-3H3. The molecule has 0 radical (unpaired) electrons. The molecule has 72 valence electrons. The lowest BCUT2D eigenvalue weighted by Crippen LogP contribution is -2.28. The summed E-state index contributed by atoms with van der Waals surface area (Å²) < 4.78 is 0. The fourth-order valence-corrected chi connectivity index (χ4v) is 3.32. The van der Waals surface area contributed by atoms with Crippen molar-refractivity contribution in [2.75, 3.05) is 5.33 Å². The fraction of sp³-hybridized carbons (Fsp3) is 1.00. The van der Waals surface area contributed by atoms with E-state index in [1.807, 2.05) is 0 Å². The molecule has 1 aliphatic carbocycles. The smallest absolute Gasteiger partial charge is 0.00625 e. The van der Waals surface area contributed by atoms with Gasteiger partial charge in [0.1, 0.15) is 0 Å². The van der Waals surface area contributed by atoms with Gasteiger partial charge in [-0.05, 0) is 36.5 Å². The van der Waals surface area contributed by atoms with Gasteiger partial charge in [-0.2, -0.15) is 0 Å². The summed E-state index contributed by atoms with van der Waals surface area (Å²) in [4.78, 5) is 0. The minimum atomic E-state index is 0.875. The molecule has 1 rings (SSSR count). The number of alkyl halides is 1. The summed E-state index contributed by atoms with van der Waals surface area (Å²) in [7, 11) is 0. The average molecular weight is 233 g/mol. The van der Waals surface area contributed by atoms with Crippen LogP contribution in [0, 0.1) is 23.7 Å². The van der Waals surface area contributed by atoms with Gasteiger partial charge in [0.05, 0.1) is 0 Å². The van der Waals surface area contributed by atoms with Crippen molar-refractivity contribution in [1.82, 2.24) is 0 Å². The van der Waals surface area contributed by atoms with Crippen molar-refractivity contribution in [3.05, 3.63) is 0 Å². The lowest BCUT2D eigenvalue weighted by molar-refractivity contribution is 0.162. The third-order valence-electron chi connectivity index (χ3n) is 3.36. The van der Waals surface area contributed by atoms with Gasteiger partial charge in [-0.15, -0.1) is 0 Å². The van der Waals surface area contributed by atoms with Crippen molar-refractivity contribution >= 4 is 15.9 Å². The Bertz CT molecular complexity index is 131. The third kappa shape index (κ3) is 2.48. The predicted octanol–water partition coefficient (Wildman–Crippen LogP) is 4.09. The van der Waals surface area contributed by atoms with Crippen LogP contribution in [0.5, 0.6) is 0 Å². The molecule has 0 heterocycles. The summed E-state index contributed by atoms with van der Waals surface area (Å²) in [6.45, 7) is 7.14. The summed E-state index contributed by atoms with van der Waals surface area (Å²) in [5.41, 5.74) is 0. The molecule has 3 unspecified atom stereocenters. The molecule has 0 aliphatic heterocycles. The van der Waals surface area contributed by atoms with E-state index in [1.54, 1.807) is 0 Å². The quantitative estimate of drug-likeness (QED) is 0.630. The Morgan fingerprint density at radius 2 is 2.00 bits per heavy atom. The second kappa shape index (κ2) is 4.64. The Balaban J connectivity index is 2.50. The number of rotatable bonds is 2. The average Bonchev–Trinajstić information content (AvgIpc) is 2.03. The van der Waals surface area contributed by atoms with Crippen LogP contribution in [0.2, 0.25) is 0 Å². The Morgan fingerprint density at radius 1 is 1.33 bits per heavy atom. The van der Waals surface area contributed by atoms with Crippen LogP contribution in [0.4, 0.5) is 0 Å². The Hall–Kier alpha value is 0.480. The van der Waals surface area contributed by atoms with Crippen LogP contribution in [0.1, 0.15) is 40.0 Å². The van der Waals surface area contributed by atoms with E-state index >= 15 is 0 Å². The molecule has 0 saturated heterocycles. The predicted molar refractivity (Wildman–Crippen MR) is 58.6 cm³/mol. The largest absolute Gasteiger partial charge is 0.0925 e. The lowest BCUT2D eigenvalue weighted by Gasteiger charge is -2.36. The van der Waals surface area contributed by atoms with Crippen molar-refractivity contribution in [2.24, 2.45) is 23.7 Å². The summed E-state index contributed by atoms with van der Waals surface area (Å²) in [5, 5.41) is 1.21. The van der Waals surface area contributed by atoms with Gasteiger partial charge in [0.2, 0.25) is 0 Å². The molecule has 1 heteroatoms. The van der Waals surface area contributed by atoms with Crippen LogP contribution < -0.4 is 0 Å². The molecular weight excluding hydrogens is 212 g/mol. The molecule has 0 bridgehead atoms. The van der Waals surface area contributed by atoms with Crippen molar-refractivity contribution in [1.29, 1.82) is 0 Å². The van der Waals surface area contributed by atoms with Crippen LogP contribution in [0.25, 0.3) is 0 Å². The van der Waals surface area contributed by atoms with Crippen LogP contribution >= 0.6 is 15.9 Å². The van der Waals surface area contributed by atoms with Crippen LogP contribution in [0.15, 0.2) is 0 Å². The number of halogens is 1. The summed E-state index contributed by atoms with van der Waals surface area (Å²) in [6, 6.07) is 0. The van der Waals surface area contributed by atoms with Crippen LogP contribution in [-0.2, 0) is 0 Å². The maximum absolute atomic E-state index is 3.65. The lowest BCUT2D eigenvalue weighted by atomic mass is 9.71. The zero-order valence-corrected chi connectivity index (χ0v) is 10.1. The molecule has 1 fully saturated rings. The maximum Gasteiger partial charge on any atom is 0.00625 e. The Kier molecular flexibility index (Phi) is 4.09. The van der Waals surface area contributed by atoms with Crippen LogP contribution in [0.3, 0.4) is 0 Å². The molecule has 0 spiro atoms. The van der Waals surface area contributed by atoms with Crippen LogP contribution in [-0.4, -0.2) is 5.33 Å². The summed E-state index contributed by atoms with van der Waals surface area (Å²) in [5.74, 6) is 3.75. The first kappa shape index (κ1) is 10.6. The van der Waals surface area contributed by atoms with Gasteiger partial charge in [0.25, 0.3) is 0 Å². The normalized spacial score (nSPS) is 37.2. The Labute approximate surface area is 85.3 Å². The van der Waals surface area contributed by atoms with E-state index in [4.69, 9.17) is 0 Å². The van der Waals surface area contributed by atoms with Gasteiger partial charge in [-0.3, -0.25) is 0 Å². The van der Waals surface area contributed by atoms with Crippen molar-refractivity contribution in [3.63, 3.8) is 0 Å². The van der Waals surface area contributed by atoms with Gasteiger partial charge >= 0.3 is 0 Å². The van der Waals surface area contributed by atoms with Crippen molar-refractivity contribution < 1.29 is 0 Å². The molecule has 1 aliphatic rings. The minimum absolute atomic E-state index is 0.875. The molecule has 3 atom stereocenters. The van der Waals surface area contributed by atoms with Crippen molar-refractivity contribution in [2.45, 2.75) is 40.0 Å². The van der Waals surface area contributed by atoms with E-state index in [2.05, 4.69) is 36.7 Å². The Morgan fingerprint density at radius 3 is 2.50 bits per heavy atom. The monoisotopic (exact) mass is 232 g/mol. The van der Waals surface area contributed by atoms with E-state index in [0.717, 1.165) is 23.7 Å². The van der Waals surface area contributed by atoms with E-state index in [0.29, 0.717) is 0 Å². The second-order valence-electron chi connectivity index (χ2n) is 4.74. The zero-order valence-electron chi connectivity index (χ0n) is 8.52. The molecule has 0 nitrogen and oxygen atoms in total. The highest BCUT2D eigenvalue weighted by Gasteiger charge is 2.29. The molecule has 12 heavy (non-hydrogen) atoms. The molecule has 0 aromatic rings. The van der Waals surface area contributed by atoms with E-state index in [1.165, 1.54) is 24.6 Å². The first-order valence-corrected chi connectivity index (χ1v) is 6.33. The highest BCUT2D eigenvalue weighted by atomic mass is 79.9. The van der Waals surface area contributed by atoms with Gasteiger partial charge in [-0.25, -0.2) is 0 Å². The minimum Gasteiger partial charge on any atom is -0.0925 e. The highest BCUT2D eigenvalue weighted by Crippen LogP contribution is 2.38. The third-order valence-corrected chi connectivity index (χ3v) is 4.19. The van der Waals surface area contributed by atoms with E-state index in [9.17, 15) is 0 Å². The topological polar surface area (TPSA) is 0 Å². The molecule has 0 aromatic carbocycles. The molecule has 0 amide bonds.